The average Bonchev–Trinajstić information content (AvgIpc) is 2.53. The molecule has 4 heteroatoms. The van der Waals surface area contributed by atoms with Crippen LogP contribution in [-0.4, -0.2) is 17.6 Å². The Morgan fingerprint density at radius 1 is 1.35 bits per heavy atom. The fraction of sp³-hybridized carbons (Fsp3) is 0.368. The molecule has 2 rings (SSSR count). The van der Waals surface area contributed by atoms with Gasteiger partial charge in [-0.1, -0.05) is 36.4 Å². The molecule has 1 aliphatic rings. The second kappa shape index (κ2) is 7.15. The summed E-state index contributed by atoms with van der Waals surface area (Å²) in [6.07, 6.45) is 9.06. The molecule has 0 fully saturated rings. The number of benzene rings is 1. The van der Waals surface area contributed by atoms with Crippen molar-refractivity contribution in [3.05, 3.63) is 53.1 Å². The molecular weight excluding hydrogens is 288 g/mol. The summed E-state index contributed by atoms with van der Waals surface area (Å²) in [7, 11) is 0. The number of carbonyl (C=O) groups is 1. The first kappa shape index (κ1) is 16.8. The lowest BCUT2D eigenvalue weighted by molar-refractivity contribution is -0.145. The van der Waals surface area contributed by atoms with Crippen LogP contribution in [0.2, 0.25) is 0 Å². The van der Waals surface area contributed by atoms with E-state index in [1.807, 2.05) is 26.0 Å². The molecule has 1 aromatic carbocycles. The fourth-order valence-electron chi connectivity index (χ4n) is 2.95. The summed E-state index contributed by atoms with van der Waals surface area (Å²) in [6.45, 7) is 4.37. The van der Waals surface area contributed by atoms with Crippen LogP contribution in [0.25, 0.3) is 0 Å². The van der Waals surface area contributed by atoms with Gasteiger partial charge >= 0.3 is 5.97 Å². The number of aliphatic carboxylic acids is 1. The first-order valence-corrected chi connectivity index (χ1v) is 7.77. The van der Waals surface area contributed by atoms with E-state index in [1.165, 1.54) is 0 Å². The largest absolute Gasteiger partial charge is 0.481 e. The van der Waals surface area contributed by atoms with Crippen LogP contribution in [0.5, 0.6) is 0 Å². The molecule has 0 radical (unpaired) electrons. The van der Waals surface area contributed by atoms with Gasteiger partial charge in [0.2, 0.25) is 0 Å². The molecule has 2 N–H and O–H groups in total. The van der Waals surface area contributed by atoms with E-state index in [2.05, 4.69) is 23.5 Å². The highest BCUT2D eigenvalue weighted by Gasteiger charge is 2.35. The minimum absolute atomic E-state index is 0.350. The van der Waals surface area contributed by atoms with Gasteiger partial charge in [0, 0.05) is 18.7 Å². The number of hydrogen-bond acceptors (Lipinski definition) is 3. The molecular formula is C19H22N2O2. The maximum Gasteiger partial charge on any atom is 0.315 e. The zero-order valence-corrected chi connectivity index (χ0v) is 13.6. The lowest BCUT2D eigenvalue weighted by atomic mass is 9.81. The molecule has 1 aliphatic carbocycles. The molecule has 0 spiro atoms. The average molecular weight is 310 g/mol. The maximum atomic E-state index is 11.7. The molecule has 23 heavy (non-hydrogen) atoms. The summed E-state index contributed by atoms with van der Waals surface area (Å²) in [6, 6.07) is 6.29. The number of nitriles is 1. The maximum absolute atomic E-state index is 11.7. The van der Waals surface area contributed by atoms with Crippen molar-refractivity contribution in [1.82, 2.24) is 0 Å². The predicted octanol–water partition coefficient (Wildman–Crippen LogP) is 3.76. The van der Waals surface area contributed by atoms with E-state index in [0.29, 0.717) is 19.4 Å². The molecule has 1 atom stereocenters. The zero-order chi connectivity index (χ0) is 16.9. The third-order valence-electron chi connectivity index (χ3n) is 4.27. The van der Waals surface area contributed by atoms with Crippen LogP contribution in [0.3, 0.4) is 0 Å². The topological polar surface area (TPSA) is 73.1 Å². The Morgan fingerprint density at radius 2 is 2.04 bits per heavy atom. The molecule has 0 amide bonds. The van der Waals surface area contributed by atoms with Gasteiger partial charge in [-0.3, -0.25) is 4.79 Å². The lowest BCUT2D eigenvalue weighted by Gasteiger charge is -2.28. The van der Waals surface area contributed by atoms with Crippen LogP contribution in [0.1, 0.15) is 29.5 Å². The van der Waals surface area contributed by atoms with Crippen molar-refractivity contribution in [2.45, 2.75) is 33.1 Å². The number of anilines is 1. The van der Waals surface area contributed by atoms with E-state index in [4.69, 9.17) is 5.26 Å². The Labute approximate surface area is 137 Å². The smallest absolute Gasteiger partial charge is 0.315 e. The van der Waals surface area contributed by atoms with Gasteiger partial charge in [0.15, 0.2) is 0 Å². The van der Waals surface area contributed by atoms with Crippen molar-refractivity contribution < 1.29 is 9.90 Å². The van der Waals surface area contributed by atoms with Gasteiger partial charge < -0.3 is 10.4 Å². The van der Waals surface area contributed by atoms with E-state index in [1.54, 1.807) is 12.2 Å². The van der Waals surface area contributed by atoms with Crippen molar-refractivity contribution in [1.29, 1.82) is 5.26 Å². The predicted molar refractivity (Wildman–Crippen MR) is 91.3 cm³/mol. The van der Waals surface area contributed by atoms with Crippen molar-refractivity contribution >= 4 is 11.7 Å². The normalized spacial score (nSPS) is 19.3. The quantitative estimate of drug-likeness (QED) is 0.839. The van der Waals surface area contributed by atoms with Crippen molar-refractivity contribution in [2.75, 3.05) is 11.9 Å². The number of carboxylic acid groups (broad SMARTS) is 1. The third-order valence-corrected chi connectivity index (χ3v) is 4.27. The molecule has 0 bridgehead atoms. The number of nitrogens with zero attached hydrogens (tertiary/aromatic N) is 1. The van der Waals surface area contributed by atoms with Gasteiger partial charge in [0.25, 0.3) is 0 Å². The van der Waals surface area contributed by atoms with Crippen LogP contribution in [0, 0.1) is 30.6 Å². The molecule has 0 aliphatic heterocycles. The number of aryl methyl sites for hydroxylation is 3. The summed E-state index contributed by atoms with van der Waals surface area (Å²) in [4.78, 5) is 11.7. The van der Waals surface area contributed by atoms with Gasteiger partial charge in [-0.25, -0.2) is 0 Å². The lowest BCUT2D eigenvalue weighted by Crippen LogP contribution is -2.36. The SMILES string of the molecule is Cc1cc(CCC#N)cc(C)c1NCC1(C(=O)O)C=CC=CC1. The number of nitrogens with one attached hydrogen (secondary N) is 1. The molecule has 0 saturated carbocycles. The Hall–Kier alpha value is -2.54. The van der Waals surface area contributed by atoms with Gasteiger partial charge in [0.1, 0.15) is 5.41 Å². The van der Waals surface area contributed by atoms with Crippen LogP contribution in [-0.2, 0) is 11.2 Å². The monoisotopic (exact) mass is 310 g/mol. The highest BCUT2D eigenvalue weighted by Crippen LogP contribution is 2.31. The number of allylic oxidation sites excluding steroid dienone is 3. The van der Waals surface area contributed by atoms with E-state index in [-0.39, 0.29) is 0 Å². The Kier molecular flexibility index (Phi) is 5.23. The highest BCUT2D eigenvalue weighted by molar-refractivity contribution is 5.79. The van der Waals surface area contributed by atoms with Crippen LogP contribution < -0.4 is 5.32 Å². The van der Waals surface area contributed by atoms with Gasteiger partial charge in [-0.15, -0.1) is 0 Å². The second-order valence-corrected chi connectivity index (χ2v) is 6.07. The first-order chi connectivity index (χ1) is 11.0. The van der Waals surface area contributed by atoms with E-state index < -0.39 is 11.4 Å². The van der Waals surface area contributed by atoms with Gasteiger partial charge in [0.05, 0.1) is 6.07 Å². The highest BCUT2D eigenvalue weighted by atomic mass is 16.4. The number of hydrogen-bond donors (Lipinski definition) is 2. The minimum Gasteiger partial charge on any atom is -0.481 e. The molecule has 120 valence electrons. The van der Waals surface area contributed by atoms with Crippen molar-refractivity contribution in [3.63, 3.8) is 0 Å². The Bertz CT molecular complexity index is 675. The van der Waals surface area contributed by atoms with Crippen LogP contribution in [0.15, 0.2) is 36.4 Å². The summed E-state index contributed by atoms with van der Waals surface area (Å²) >= 11 is 0. The molecule has 1 aromatic rings. The third kappa shape index (κ3) is 3.81. The van der Waals surface area contributed by atoms with Crippen molar-refractivity contribution in [3.8, 4) is 6.07 Å². The van der Waals surface area contributed by atoms with E-state index in [9.17, 15) is 9.90 Å². The summed E-state index contributed by atoms with van der Waals surface area (Å²) in [5.41, 5.74) is 3.38. The van der Waals surface area contributed by atoms with Gasteiger partial charge in [-0.05, 0) is 43.4 Å². The van der Waals surface area contributed by atoms with Crippen LogP contribution >= 0.6 is 0 Å². The standard InChI is InChI=1S/C19H22N2O2/c1-14-11-16(7-6-10-20)12-15(2)17(14)21-13-19(18(22)23)8-4-3-5-9-19/h3-5,8,11-12,21H,6-7,9,13H2,1-2H3,(H,22,23). The first-order valence-electron chi connectivity index (χ1n) is 7.77. The number of rotatable bonds is 6. The van der Waals surface area contributed by atoms with Crippen molar-refractivity contribution in [2.24, 2.45) is 5.41 Å². The van der Waals surface area contributed by atoms with E-state index in [0.717, 1.165) is 28.8 Å². The molecule has 0 saturated heterocycles. The Balaban J connectivity index is 2.17. The van der Waals surface area contributed by atoms with E-state index >= 15 is 0 Å². The Morgan fingerprint density at radius 3 is 2.57 bits per heavy atom. The summed E-state index contributed by atoms with van der Waals surface area (Å²) in [5, 5.41) is 21.6. The van der Waals surface area contributed by atoms with Crippen LogP contribution in [0.4, 0.5) is 5.69 Å². The molecule has 4 nitrogen and oxygen atoms in total. The minimum atomic E-state index is -0.896. The van der Waals surface area contributed by atoms with Gasteiger partial charge in [-0.2, -0.15) is 5.26 Å². The molecule has 0 aromatic heterocycles. The number of carboxylic acids is 1. The molecule has 1 unspecified atom stereocenters. The summed E-state index contributed by atoms with van der Waals surface area (Å²) < 4.78 is 0. The zero-order valence-electron chi connectivity index (χ0n) is 13.6. The molecule has 0 heterocycles. The fourth-order valence-corrected chi connectivity index (χ4v) is 2.95. The summed E-state index contributed by atoms with van der Waals surface area (Å²) in [5.74, 6) is -0.813. The second-order valence-electron chi connectivity index (χ2n) is 6.07.